The summed E-state index contributed by atoms with van der Waals surface area (Å²) in [7, 11) is 0. The molecule has 1 amide bonds. The molecule has 4 aliphatic rings. The first kappa shape index (κ1) is 12.6. The molecule has 1 aromatic heterocycles. The Balaban J connectivity index is 1.51. The second-order valence-corrected chi connectivity index (χ2v) is 6.97. The molecule has 5 heteroatoms. The fourth-order valence-corrected chi connectivity index (χ4v) is 4.82. The first-order valence-electron chi connectivity index (χ1n) is 8.28. The number of piperidine rings is 1. The molecule has 1 N–H and O–H groups in total. The number of carbonyl (C=O) groups excluding carboxylic acids is 1. The Bertz CT molecular complexity index is 739. The Hall–Kier alpha value is -1.88. The van der Waals surface area contributed by atoms with Crippen LogP contribution in [0.1, 0.15) is 23.3 Å². The molecule has 0 saturated carbocycles. The Morgan fingerprint density at radius 2 is 2.14 bits per heavy atom. The smallest absolute Gasteiger partial charge is 0.275 e. The summed E-state index contributed by atoms with van der Waals surface area (Å²) in [6.45, 7) is 4.34. The lowest BCUT2D eigenvalue weighted by Crippen LogP contribution is -2.46. The highest BCUT2D eigenvalue weighted by Crippen LogP contribution is 2.41. The van der Waals surface area contributed by atoms with Crippen molar-refractivity contribution in [3.63, 3.8) is 0 Å². The van der Waals surface area contributed by atoms with Crippen molar-refractivity contribution in [1.29, 1.82) is 0 Å². The minimum absolute atomic E-state index is 0.110. The summed E-state index contributed by atoms with van der Waals surface area (Å²) < 4.78 is 0. The van der Waals surface area contributed by atoms with Crippen LogP contribution >= 0.6 is 0 Å². The minimum Gasteiger partial charge on any atom is -0.332 e. The SMILES string of the molecule is O=C(c1n[nH]c2ccccc12)N1CC2CN3CCCC2C1C3. The second-order valence-electron chi connectivity index (χ2n) is 6.97. The number of nitrogens with zero attached hydrogens (tertiary/aromatic N) is 3. The zero-order valence-corrected chi connectivity index (χ0v) is 12.5. The molecular weight excluding hydrogens is 276 g/mol. The average Bonchev–Trinajstić information content (AvgIpc) is 2.87. The number of carbonyl (C=O) groups is 1. The molecule has 0 spiro atoms. The molecule has 22 heavy (non-hydrogen) atoms. The van der Waals surface area contributed by atoms with Gasteiger partial charge in [-0.3, -0.25) is 9.89 Å². The number of nitrogens with one attached hydrogen (secondary N) is 1. The number of aromatic nitrogens is 2. The maximum atomic E-state index is 13.1. The summed E-state index contributed by atoms with van der Waals surface area (Å²) in [6.07, 6.45) is 2.56. The molecule has 4 atom stereocenters. The number of benzene rings is 1. The van der Waals surface area contributed by atoms with E-state index >= 15 is 0 Å². The van der Waals surface area contributed by atoms with Gasteiger partial charge in [0.2, 0.25) is 0 Å². The topological polar surface area (TPSA) is 52.2 Å². The number of likely N-dealkylation sites (tertiary alicyclic amines) is 1. The largest absolute Gasteiger partial charge is 0.332 e. The predicted molar refractivity (Wildman–Crippen MR) is 83.6 cm³/mol. The van der Waals surface area contributed by atoms with Crippen molar-refractivity contribution < 1.29 is 4.79 Å². The van der Waals surface area contributed by atoms with Gasteiger partial charge in [-0.15, -0.1) is 0 Å². The molecule has 114 valence electrons. The van der Waals surface area contributed by atoms with Crippen LogP contribution in [-0.4, -0.2) is 58.1 Å². The molecular formula is C17H20N4O. The van der Waals surface area contributed by atoms with Gasteiger partial charge in [0.15, 0.2) is 5.69 Å². The lowest BCUT2D eigenvalue weighted by atomic mass is 9.85. The number of aromatic amines is 1. The first-order valence-corrected chi connectivity index (χ1v) is 8.28. The summed E-state index contributed by atoms with van der Waals surface area (Å²) in [5.74, 6) is 1.47. The number of fused-ring (bicyclic) bond motifs is 3. The molecule has 0 radical (unpaired) electrons. The van der Waals surface area contributed by atoms with Crippen molar-refractivity contribution >= 4 is 16.8 Å². The Kier molecular flexibility index (Phi) is 2.62. The van der Waals surface area contributed by atoms with E-state index in [1.165, 1.54) is 25.9 Å². The maximum Gasteiger partial charge on any atom is 0.275 e. The van der Waals surface area contributed by atoms with E-state index in [-0.39, 0.29) is 5.91 Å². The van der Waals surface area contributed by atoms with Gasteiger partial charge in [0.25, 0.3) is 5.91 Å². The fraction of sp³-hybridized carbons (Fsp3) is 0.529. The van der Waals surface area contributed by atoms with Crippen LogP contribution in [0, 0.1) is 11.8 Å². The normalized spacial score (nSPS) is 33.4. The molecule has 5 nitrogen and oxygen atoms in total. The van der Waals surface area contributed by atoms with Crippen molar-refractivity contribution in [2.24, 2.45) is 11.8 Å². The molecule has 4 aliphatic heterocycles. The highest BCUT2D eigenvalue weighted by molar-refractivity contribution is 6.04. The lowest BCUT2D eigenvalue weighted by Gasteiger charge is -2.34. The molecule has 4 bridgehead atoms. The van der Waals surface area contributed by atoms with Crippen molar-refractivity contribution in [3.8, 4) is 0 Å². The molecule has 5 heterocycles. The zero-order valence-electron chi connectivity index (χ0n) is 12.5. The number of hydrogen-bond acceptors (Lipinski definition) is 3. The number of para-hydroxylation sites is 1. The summed E-state index contributed by atoms with van der Waals surface area (Å²) >= 11 is 0. The minimum atomic E-state index is 0.110. The Labute approximate surface area is 129 Å². The van der Waals surface area contributed by atoms with Gasteiger partial charge in [0.05, 0.1) is 5.52 Å². The maximum absolute atomic E-state index is 13.1. The van der Waals surface area contributed by atoms with Gasteiger partial charge in [-0.25, -0.2) is 0 Å². The number of H-pyrrole nitrogens is 1. The Morgan fingerprint density at radius 1 is 1.23 bits per heavy atom. The third kappa shape index (κ3) is 1.69. The van der Waals surface area contributed by atoms with Crippen molar-refractivity contribution in [2.45, 2.75) is 18.9 Å². The molecule has 4 fully saturated rings. The summed E-state index contributed by atoms with van der Waals surface area (Å²) in [4.78, 5) is 17.7. The molecule has 4 unspecified atom stereocenters. The van der Waals surface area contributed by atoms with Gasteiger partial charge in [0.1, 0.15) is 0 Å². The van der Waals surface area contributed by atoms with E-state index in [1.54, 1.807) is 0 Å². The first-order chi connectivity index (χ1) is 10.8. The summed E-state index contributed by atoms with van der Waals surface area (Å²) in [5, 5.41) is 8.24. The van der Waals surface area contributed by atoms with Crippen LogP contribution < -0.4 is 0 Å². The van der Waals surface area contributed by atoms with Gasteiger partial charge in [0, 0.05) is 31.1 Å². The predicted octanol–water partition coefficient (Wildman–Crippen LogP) is 1.73. The van der Waals surface area contributed by atoms with Crippen LogP contribution in [0.2, 0.25) is 0 Å². The molecule has 1 aromatic carbocycles. The third-order valence-electron chi connectivity index (χ3n) is 5.81. The molecule has 6 rings (SSSR count). The second kappa shape index (κ2) is 4.56. The fourth-order valence-electron chi connectivity index (χ4n) is 4.82. The van der Waals surface area contributed by atoms with Gasteiger partial charge in [-0.1, -0.05) is 18.2 Å². The zero-order chi connectivity index (χ0) is 14.7. The van der Waals surface area contributed by atoms with Gasteiger partial charge >= 0.3 is 0 Å². The summed E-state index contributed by atoms with van der Waals surface area (Å²) in [6, 6.07) is 8.28. The van der Waals surface area contributed by atoms with Crippen LogP contribution in [-0.2, 0) is 0 Å². The number of hydrogen-bond donors (Lipinski definition) is 1. The highest BCUT2D eigenvalue weighted by Gasteiger charge is 2.49. The monoisotopic (exact) mass is 296 g/mol. The lowest BCUT2D eigenvalue weighted by molar-refractivity contribution is 0.0684. The molecule has 0 aliphatic carbocycles. The Morgan fingerprint density at radius 3 is 3.09 bits per heavy atom. The van der Waals surface area contributed by atoms with Crippen LogP contribution in [0.4, 0.5) is 0 Å². The van der Waals surface area contributed by atoms with E-state index in [4.69, 9.17) is 0 Å². The third-order valence-corrected chi connectivity index (χ3v) is 5.81. The van der Waals surface area contributed by atoms with Crippen LogP contribution in [0.25, 0.3) is 10.9 Å². The van der Waals surface area contributed by atoms with Gasteiger partial charge in [-0.2, -0.15) is 5.10 Å². The summed E-state index contributed by atoms with van der Waals surface area (Å²) in [5.41, 5.74) is 1.53. The van der Waals surface area contributed by atoms with E-state index in [0.717, 1.165) is 24.0 Å². The van der Waals surface area contributed by atoms with Crippen molar-refractivity contribution in [3.05, 3.63) is 30.0 Å². The van der Waals surface area contributed by atoms with Gasteiger partial charge in [-0.05, 0) is 37.3 Å². The van der Waals surface area contributed by atoms with E-state index in [2.05, 4.69) is 20.0 Å². The van der Waals surface area contributed by atoms with E-state index < -0.39 is 0 Å². The molecule has 4 saturated heterocycles. The van der Waals surface area contributed by atoms with Crippen molar-refractivity contribution in [2.75, 3.05) is 26.2 Å². The quantitative estimate of drug-likeness (QED) is 0.872. The highest BCUT2D eigenvalue weighted by atomic mass is 16.2. The van der Waals surface area contributed by atoms with E-state index in [9.17, 15) is 4.79 Å². The molecule has 2 aromatic rings. The average molecular weight is 296 g/mol. The number of rotatable bonds is 1. The van der Waals surface area contributed by atoms with Crippen LogP contribution in [0.15, 0.2) is 24.3 Å². The van der Waals surface area contributed by atoms with E-state index in [0.29, 0.717) is 23.6 Å². The van der Waals surface area contributed by atoms with Crippen LogP contribution in [0.3, 0.4) is 0 Å². The standard InChI is InChI=1S/C17H20N4O/c22-17(16-13-4-1-2-6-14(13)18-19-16)21-9-11-8-20-7-3-5-12(11)15(21)10-20/h1-2,4,6,11-12,15H,3,5,7-10H2,(H,18,19). The van der Waals surface area contributed by atoms with Crippen molar-refractivity contribution in [1.82, 2.24) is 20.0 Å². The van der Waals surface area contributed by atoms with E-state index in [1.807, 2.05) is 24.3 Å². The van der Waals surface area contributed by atoms with Crippen LogP contribution in [0.5, 0.6) is 0 Å². The number of amides is 1. The van der Waals surface area contributed by atoms with Gasteiger partial charge < -0.3 is 9.80 Å².